The van der Waals surface area contributed by atoms with Crippen LogP contribution >= 0.6 is 0 Å². The van der Waals surface area contributed by atoms with Crippen LogP contribution in [-0.4, -0.2) is 38.2 Å². The molecular weight excluding hydrogens is 396 g/mol. The second-order valence-electron chi connectivity index (χ2n) is 6.92. The summed E-state index contributed by atoms with van der Waals surface area (Å²) in [7, 11) is 0. The maximum Gasteiger partial charge on any atom is 0.338 e. The lowest BCUT2D eigenvalue weighted by Crippen LogP contribution is -2.35. The Kier molecular flexibility index (Phi) is 5.99. The number of anilines is 1. The van der Waals surface area contributed by atoms with Crippen LogP contribution in [0.3, 0.4) is 0 Å². The highest BCUT2D eigenvalue weighted by molar-refractivity contribution is 5.99. The van der Waals surface area contributed by atoms with Crippen LogP contribution in [0.4, 0.5) is 5.69 Å². The summed E-state index contributed by atoms with van der Waals surface area (Å²) in [6.45, 7) is 0.619. The summed E-state index contributed by atoms with van der Waals surface area (Å²) in [5.41, 5.74) is 0.917. The molecule has 1 heterocycles. The Labute approximate surface area is 179 Å². The molecule has 0 spiro atoms. The van der Waals surface area contributed by atoms with Gasteiger partial charge in [-0.1, -0.05) is 30.3 Å². The molecule has 31 heavy (non-hydrogen) atoms. The molecule has 0 saturated heterocycles. The van der Waals surface area contributed by atoms with Crippen LogP contribution in [0.1, 0.15) is 16.8 Å². The number of amides is 1. The standard InChI is InChI=1S/C24H20N2O5/c25-10-3-11-26(20-8-9-21-22(15-20)30-13-12-29-21)23(27)16-31-24(28)19-7-6-17-4-1-2-5-18(17)14-19/h1-2,4-9,14-15H,3,11-13,16H2. The van der Waals surface area contributed by atoms with Crippen molar-refractivity contribution in [3.05, 3.63) is 66.2 Å². The SMILES string of the molecule is N#CCCN(C(=O)COC(=O)c1ccc2ccccc2c1)c1ccc2c(c1)OCCO2. The highest BCUT2D eigenvalue weighted by atomic mass is 16.6. The monoisotopic (exact) mass is 416 g/mol. The molecule has 0 unspecified atom stereocenters. The normalized spacial score (nSPS) is 12.1. The number of ether oxygens (including phenoxy) is 3. The molecule has 0 saturated carbocycles. The fourth-order valence-corrected chi connectivity index (χ4v) is 3.36. The lowest BCUT2D eigenvalue weighted by Gasteiger charge is -2.24. The average Bonchev–Trinajstić information content (AvgIpc) is 2.82. The van der Waals surface area contributed by atoms with Gasteiger partial charge in [0.25, 0.3) is 5.91 Å². The minimum absolute atomic E-state index is 0.138. The predicted molar refractivity (Wildman–Crippen MR) is 114 cm³/mol. The van der Waals surface area contributed by atoms with E-state index in [1.807, 2.05) is 36.4 Å². The number of nitriles is 1. The quantitative estimate of drug-likeness (QED) is 0.569. The van der Waals surface area contributed by atoms with Crippen LogP contribution in [0.5, 0.6) is 11.5 Å². The van der Waals surface area contributed by atoms with Gasteiger partial charge in [-0.15, -0.1) is 0 Å². The topological polar surface area (TPSA) is 88.9 Å². The number of carbonyl (C=O) groups excluding carboxylic acids is 2. The summed E-state index contributed by atoms with van der Waals surface area (Å²) in [6, 6.07) is 20.1. The molecule has 0 radical (unpaired) electrons. The first kappa shape index (κ1) is 20.2. The smallest absolute Gasteiger partial charge is 0.338 e. The maximum atomic E-state index is 12.8. The molecule has 7 nitrogen and oxygen atoms in total. The van der Waals surface area contributed by atoms with Crippen molar-refractivity contribution < 1.29 is 23.8 Å². The third-order valence-electron chi connectivity index (χ3n) is 4.90. The Bertz CT molecular complexity index is 1170. The molecule has 3 aromatic rings. The fraction of sp³-hybridized carbons (Fsp3) is 0.208. The lowest BCUT2D eigenvalue weighted by molar-refractivity contribution is -0.121. The van der Waals surface area contributed by atoms with Crippen LogP contribution in [0, 0.1) is 11.3 Å². The largest absolute Gasteiger partial charge is 0.486 e. The van der Waals surface area contributed by atoms with Gasteiger partial charge in [0.05, 0.1) is 18.1 Å². The van der Waals surface area contributed by atoms with Crippen molar-refractivity contribution in [1.29, 1.82) is 5.26 Å². The third kappa shape index (κ3) is 4.59. The van der Waals surface area contributed by atoms with Gasteiger partial charge in [-0.2, -0.15) is 5.26 Å². The van der Waals surface area contributed by atoms with Crippen molar-refractivity contribution in [3.8, 4) is 17.6 Å². The summed E-state index contributed by atoms with van der Waals surface area (Å²) in [5, 5.41) is 10.9. The van der Waals surface area contributed by atoms with E-state index >= 15 is 0 Å². The van der Waals surface area contributed by atoms with Crippen LogP contribution in [0.15, 0.2) is 60.7 Å². The van der Waals surface area contributed by atoms with E-state index in [4.69, 9.17) is 19.5 Å². The molecule has 3 aromatic carbocycles. The first-order valence-electron chi connectivity index (χ1n) is 9.88. The third-order valence-corrected chi connectivity index (χ3v) is 4.90. The molecule has 156 valence electrons. The van der Waals surface area contributed by atoms with Gasteiger partial charge in [0.1, 0.15) is 13.2 Å². The first-order chi connectivity index (χ1) is 15.2. The molecule has 0 bridgehead atoms. The number of nitrogens with zero attached hydrogens (tertiary/aromatic N) is 2. The van der Waals surface area contributed by atoms with Crippen LogP contribution in [0.2, 0.25) is 0 Å². The summed E-state index contributed by atoms with van der Waals surface area (Å²) in [6.07, 6.45) is 0.138. The summed E-state index contributed by atoms with van der Waals surface area (Å²) in [5.74, 6) is 0.125. The molecule has 1 aliphatic rings. The van der Waals surface area contributed by atoms with Gasteiger partial charge >= 0.3 is 5.97 Å². The number of benzene rings is 3. The van der Waals surface area contributed by atoms with Crippen molar-refractivity contribution in [2.75, 3.05) is 31.3 Å². The molecule has 1 aliphatic heterocycles. The van der Waals surface area contributed by atoms with Crippen molar-refractivity contribution in [3.63, 3.8) is 0 Å². The average molecular weight is 416 g/mol. The summed E-state index contributed by atoms with van der Waals surface area (Å²) >= 11 is 0. The zero-order chi connectivity index (χ0) is 21.6. The minimum Gasteiger partial charge on any atom is -0.486 e. The molecule has 0 fully saturated rings. The second kappa shape index (κ2) is 9.18. The zero-order valence-corrected chi connectivity index (χ0v) is 16.7. The number of carbonyl (C=O) groups is 2. The van der Waals surface area contributed by atoms with Crippen LogP contribution < -0.4 is 14.4 Å². The molecule has 0 atom stereocenters. The number of fused-ring (bicyclic) bond motifs is 2. The highest BCUT2D eigenvalue weighted by Gasteiger charge is 2.21. The molecular formula is C24H20N2O5. The Hall–Kier alpha value is -4.05. The van der Waals surface area contributed by atoms with E-state index in [-0.39, 0.29) is 13.0 Å². The predicted octanol–water partition coefficient (Wildman–Crippen LogP) is 3.71. The lowest BCUT2D eigenvalue weighted by atomic mass is 10.1. The van der Waals surface area contributed by atoms with E-state index in [9.17, 15) is 9.59 Å². The van der Waals surface area contributed by atoms with E-state index in [1.165, 1.54) is 4.90 Å². The number of esters is 1. The van der Waals surface area contributed by atoms with Crippen molar-refractivity contribution in [2.45, 2.75) is 6.42 Å². The van der Waals surface area contributed by atoms with Gasteiger partial charge < -0.3 is 19.1 Å². The molecule has 4 rings (SSSR count). The Balaban J connectivity index is 1.47. The fourth-order valence-electron chi connectivity index (χ4n) is 3.36. The van der Waals surface area contributed by atoms with Crippen LogP contribution in [0.25, 0.3) is 10.8 Å². The van der Waals surface area contributed by atoms with Gasteiger partial charge in [-0.05, 0) is 35.0 Å². The van der Waals surface area contributed by atoms with Gasteiger partial charge in [0.2, 0.25) is 0 Å². The van der Waals surface area contributed by atoms with E-state index in [2.05, 4.69) is 0 Å². The zero-order valence-electron chi connectivity index (χ0n) is 16.7. The Morgan fingerprint density at radius 2 is 1.74 bits per heavy atom. The number of rotatable bonds is 6. The van der Waals surface area contributed by atoms with E-state index in [0.29, 0.717) is 36.0 Å². The van der Waals surface area contributed by atoms with E-state index < -0.39 is 18.5 Å². The number of hydrogen-bond acceptors (Lipinski definition) is 6. The maximum absolute atomic E-state index is 12.8. The second-order valence-corrected chi connectivity index (χ2v) is 6.92. The van der Waals surface area contributed by atoms with Gasteiger partial charge in [0, 0.05) is 18.3 Å². The molecule has 0 aliphatic carbocycles. The van der Waals surface area contributed by atoms with E-state index in [1.54, 1.807) is 30.3 Å². The van der Waals surface area contributed by atoms with Gasteiger partial charge in [-0.3, -0.25) is 4.79 Å². The van der Waals surface area contributed by atoms with Crippen LogP contribution in [-0.2, 0) is 9.53 Å². The molecule has 1 amide bonds. The molecule has 0 N–H and O–H groups in total. The summed E-state index contributed by atoms with van der Waals surface area (Å²) in [4.78, 5) is 26.7. The number of hydrogen-bond donors (Lipinski definition) is 0. The molecule has 0 aromatic heterocycles. The van der Waals surface area contributed by atoms with Crippen molar-refractivity contribution in [2.24, 2.45) is 0 Å². The van der Waals surface area contributed by atoms with Gasteiger partial charge in [-0.25, -0.2) is 4.79 Å². The van der Waals surface area contributed by atoms with Gasteiger partial charge in [0.15, 0.2) is 18.1 Å². The molecule has 7 heteroatoms. The van der Waals surface area contributed by atoms with Crippen molar-refractivity contribution in [1.82, 2.24) is 0 Å². The Morgan fingerprint density at radius 3 is 2.55 bits per heavy atom. The summed E-state index contributed by atoms with van der Waals surface area (Å²) < 4.78 is 16.3. The van der Waals surface area contributed by atoms with E-state index in [0.717, 1.165) is 10.8 Å². The van der Waals surface area contributed by atoms with Crippen molar-refractivity contribution >= 4 is 28.3 Å². The highest BCUT2D eigenvalue weighted by Crippen LogP contribution is 2.34. The first-order valence-corrected chi connectivity index (χ1v) is 9.88. The Morgan fingerprint density at radius 1 is 0.968 bits per heavy atom. The minimum atomic E-state index is -0.582.